The van der Waals surface area contributed by atoms with Gasteiger partial charge in [0.15, 0.2) is 5.13 Å². The van der Waals surface area contributed by atoms with Gasteiger partial charge in [-0.15, -0.1) is 11.3 Å². The summed E-state index contributed by atoms with van der Waals surface area (Å²) in [6.45, 7) is 4.11. The second-order valence-corrected chi connectivity index (χ2v) is 11.0. The molecule has 1 N–H and O–H groups in total. The molecule has 0 fully saturated rings. The van der Waals surface area contributed by atoms with Crippen molar-refractivity contribution in [2.75, 3.05) is 11.9 Å². The number of nitrogens with zero attached hydrogens (tertiary/aromatic N) is 2. The van der Waals surface area contributed by atoms with Gasteiger partial charge in [0.25, 0.3) is 5.91 Å². The van der Waals surface area contributed by atoms with Crippen LogP contribution in [0.1, 0.15) is 34.8 Å². The van der Waals surface area contributed by atoms with E-state index in [1.807, 2.05) is 42.5 Å². The van der Waals surface area contributed by atoms with E-state index in [4.69, 9.17) is 0 Å². The van der Waals surface area contributed by atoms with Crippen molar-refractivity contribution in [1.82, 2.24) is 9.29 Å². The number of rotatable bonds is 5. The molecule has 0 saturated carbocycles. The maximum absolute atomic E-state index is 12.6. The molecule has 2 heterocycles. The Hall–Kier alpha value is -2.55. The summed E-state index contributed by atoms with van der Waals surface area (Å²) in [5.74, 6) is -0.229. The number of benzene rings is 2. The van der Waals surface area contributed by atoms with Crippen molar-refractivity contribution >= 4 is 32.4 Å². The average molecular weight is 442 g/mol. The SMILES string of the molecule is CC(C)S(=O)(=O)N1CCc2nc(NC(=O)c3ccc(-c4ccccc4)cc3)sc2C1. The lowest BCUT2D eigenvalue weighted by molar-refractivity contribution is 0.102. The number of nitrogens with one attached hydrogen (secondary N) is 1. The van der Waals surface area contributed by atoms with Crippen LogP contribution in [0.15, 0.2) is 54.6 Å². The van der Waals surface area contributed by atoms with Crippen LogP contribution in [0.3, 0.4) is 0 Å². The molecule has 1 aromatic heterocycles. The standard InChI is InChI=1S/C22H23N3O3S2/c1-15(2)30(27,28)25-13-12-19-20(14-25)29-22(23-19)24-21(26)18-10-8-17(9-11-18)16-6-4-3-5-7-16/h3-11,15H,12-14H2,1-2H3,(H,23,24,26). The number of anilines is 1. The third kappa shape index (κ3) is 4.16. The predicted molar refractivity (Wildman–Crippen MR) is 120 cm³/mol. The predicted octanol–water partition coefficient (Wildman–Crippen LogP) is 4.16. The molecule has 0 bridgehead atoms. The van der Waals surface area contributed by atoms with Crippen molar-refractivity contribution in [1.29, 1.82) is 0 Å². The molecule has 0 unspecified atom stereocenters. The van der Waals surface area contributed by atoms with Crippen LogP contribution >= 0.6 is 11.3 Å². The molecule has 6 nitrogen and oxygen atoms in total. The first-order valence-corrected chi connectivity index (χ1v) is 12.1. The minimum atomic E-state index is -3.30. The van der Waals surface area contributed by atoms with E-state index in [1.165, 1.54) is 15.6 Å². The van der Waals surface area contributed by atoms with Crippen LogP contribution in [-0.2, 0) is 23.0 Å². The van der Waals surface area contributed by atoms with Gasteiger partial charge in [-0.25, -0.2) is 13.4 Å². The molecular formula is C22H23N3O3S2. The quantitative estimate of drug-likeness (QED) is 0.645. The van der Waals surface area contributed by atoms with E-state index in [1.54, 1.807) is 26.0 Å². The first-order valence-electron chi connectivity index (χ1n) is 9.79. The number of hydrogen-bond acceptors (Lipinski definition) is 5. The smallest absolute Gasteiger partial charge is 0.257 e. The summed E-state index contributed by atoms with van der Waals surface area (Å²) in [5.41, 5.74) is 3.55. The number of thiazole rings is 1. The highest BCUT2D eigenvalue weighted by Crippen LogP contribution is 2.30. The Labute approximate surface area is 180 Å². The van der Waals surface area contributed by atoms with Crippen molar-refractivity contribution in [3.05, 3.63) is 70.7 Å². The van der Waals surface area contributed by atoms with Gasteiger partial charge in [-0.1, -0.05) is 42.5 Å². The van der Waals surface area contributed by atoms with Gasteiger partial charge in [0.05, 0.1) is 10.9 Å². The van der Waals surface area contributed by atoms with Crippen LogP contribution in [0.5, 0.6) is 0 Å². The molecule has 0 radical (unpaired) electrons. The van der Waals surface area contributed by atoms with Crippen LogP contribution in [0.25, 0.3) is 11.1 Å². The Bertz CT molecular complexity index is 1150. The monoisotopic (exact) mass is 441 g/mol. The van der Waals surface area contributed by atoms with Gasteiger partial charge in [0, 0.05) is 30.0 Å². The molecule has 2 aromatic carbocycles. The van der Waals surface area contributed by atoms with Crippen LogP contribution in [0.2, 0.25) is 0 Å². The van der Waals surface area contributed by atoms with Gasteiger partial charge < -0.3 is 0 Å². The van der Waals surface area contributed by atoms with E-state index in [-0.39, 0.29) is 5.91 Å². The summed E-state index contributed by atoms with van der Waals surface area (Å²) in [7, 11) is -3.30. The van der Waals surface area contributed by atoms with Crippen LogP contribution < -0.4 is 5.32 Å². The molecule has 1 amide bonds. The van der Waals surface area contributed by atoms with E-state index in [2.05, 4.69) is 10.3 Å². The largest absolute Gasteiger partial charge is 0.298 e. The maximum Gasteiger partial charge on any atom is 0.257 e. The Morgan fingerprint density at radius 1 is 1.07 bits per heavy atom. The summed E-state index contributed by atoms with van der Waals surface area (Å²) in [6.07, 6.45) is 0.555. The summed E-state index contributed by atoms with van der Waals surface area (Å²) in [4.78, 5) is 18.0. The zero-order chi connectivity index (χ0) is 21.3. The van der Waals surface area contributed by atoms with Crippen LogP contribution in [0.4, 0.5) is 5.13 Å². The lowest BCUT2D eigenvalue weighted by atomic mass is 10.0. The van der Waals surface area contributed by atoms with E-state index < -0.39 is 15.3 Å². The second-order valence-electron chi connectivity index (χ2n) is 7.46. The van der Waals surface area contributed by atoms with Gasteiger partial charge in [-0.05, 0) is 37.1 Å². The molecule has 1 aliphatic rings. The van der Waals surface area contributed by atoms with Gasteiger partial charge in [-0.2, -0.15) is 4.31 Å². The van der Waals surface area contributed by atoms with Crippen molar-refractivity contribution in [3.63, 3.8) is 0 Å². The highest BCUT2D eigenvalue weighted by Gasteiger charge is 2.31. The first-order chi connectivity index (χ1) is 14.3. The Balaban J connectivity index is 1.46. The number of sulfonamides is 1. The third-order valence-corrected chi connectivity index (χ3v) is 8.35. The van der Waals surface area contributed by atoms with Crippen molar-refractivity contribution < 1.29 is 13.2 Å². The number of carbonyl (C=O) groups excluding carboxylic acids is 1. The minimum Gasteiger partial charge on any atom is -0.298 e. The maximum atomic E-state index is 12.6. The molecule has 30 heavy (non-hydrogen) atoms. The normalized spacial score (nSPS) is 14.5. The molecule has 0 atom stereocenters. The summed E-state index contributed by atoms with van der Waals surface area (Å²) >= 11 is 1.34. The van der Waals surface area contributed by atoms with E-state index >= 15 is 0 Å². The van der Waals surface area contributed by atoms with Crippen molar-refractivity contribution in [3.8, 4) is 11.1 Å². The fourth-order valence-corrected chi connectivity index (χ4v) is 5.71. The van der Waals surface area contributed by atoms with Gasteiger partial charge in [-0.3, -0.25) is 10.1 Å². The topological polar surface area (TPSA) is 79.4 Å². The zero-order valence-electron chi connectivity index (χ0n) is 16.8. The molecule has 0 saturated heterocycles. The lowest BCUT2D eigenvalue weighted by Gasteiger charge is -2.26. The Kier molecular flexibility index (Phi) is 5.73. The van der Waals surface area contributed by atoms with Crippen LogP contribution in [-0.4, -0.2) is 35.4 Å². The van der Waals surface area contributed by atoms with Crippen LogP contribution in [0, 0.1) is 0 Å². The lowest BCUT2D eigenvalue weighted by Crippen LogP contribution is -2.39. The molecule has 0 spiro atoms. The summed E-state index contributed by atoms with van der Waals surface area (Å²) in [5, 5.41) is 2.90. The van der Waals surface area contributed by atoms with Gasteiger partial charge in [0.2, 0.25) is 10.0 Å². The van der Waals surface area contributed by atoms with Gasteiger partial charge >= 0.3 is 0 Å². The van der Waals surface area contributed by atoms with Gasteiger partial charge in [0.1, 0.15) is 0 Å². The molecule has 4 rings (SSSR count). The third-order valence-electron chi connectivity index (χ3n) is 5.13. The van der Waals surface area contributed by atoms with E-state index in [0.717, 1.165) is 21.7 Å². The fourth-order valence-electron chi connectivity index (χ4n) is 3.35. The number of aromatic nitrogens is 1. The zero-order valence-corrected chi connectivity index (χ0v) is 18.5. The molecule has 3 aromatic rings. The summed E-state index contributed by atoms with van der Waals surface area (Å²) < 4.78 is 26.4. The number of fused-ring (bicyclic) bond motifs is 1. The van der Waals surface area contributed by atoms with E-state index in [0.29, 0.717) is 30.2 Å². The van der Waals surface area contributed by atoms with Crippen molar-refractivity contribution in [2.45, 2.75) is 32.1 Å². The Morgan fingerprint density at radius 3 is 2.40 bits per heavy atom. The summed E-state index contributed by atoms with van der Waals surface area (Å²) in [6, 6.07) is 17.4. The molecule has 8 heteroatoms. The second kappa shape index (κ2) is 8.29. The molecule has 0 aliphatic carbocycles. The van der Waals surface area contributed by atoms with E-state index in [9.17, 15) is 13.2 Å². The first kappa shape index (κ1) is 20.7. The molecule has 156 valence electrons. The highest BCUT2D eigenvalue weighted by molar-refractivity contribution is 7.89. The molecule has 1 aliphatic heterocycles. The number of amides is 1. The minimum absolute atomic E-state index is 0.229. The number of hydrogen-bond donors (Lipinski definition) is 1. The van der Waals surface area contributed by atoms with Crippen molar-refractivity contribution in [2.24, 2.45) is 0 Å². The fraction of sp³-hybridized carbons (Fsp3) is 0.273. The highest BCUT2D eigenvalue weighted by atomic mass is 32.2. The number of carbonyl (C=O) groups is 1. The average Bonchev–Trinajstić information content (AvgIpc) is 3.15. The Morgan fingerprint density at radius 2 is 1.73 bits per heavy atom. The molecular weight excluding hydrogens is 418 g/mol.